The second kappa shape index (κ2) is 9.54. The minimum absolute atomic E-state index is 0.182. The highest BCUT2D eigenvalue weighted by Gasteiger charge is 2.28. The van der Waals surface area contributed by atoms with E-state index in [-0.39, 0.29) is 11.5 Å². The summed E-state index contributed by atoms with van der Waals surface area (Å²) < 4.78 is 27.7. The molecule has 0 bridgehead atoms. The molecule has 0 radical (unpaired) electrons. The number of allylic oxidation sites excluding steroid dienone is 1. The molecule has 0 atom stereocenters. The summed E-state index contributed by atoms with van der Waals surface area (Å²) in [6.07, 6.45) is 2.57. The van der Waals surface area contributed by atoms with Crippen LogP contribution >= 0.6 is 0 Å². The Morgan fingerprint density at radius 1 is 1.00 bits per heavy atom. The van der Waals surface area contributed by atoms with Crippen molar-refractivity contribution in [1.82, 2.24) is 4.90 Å². The Morgan fingerprint density at radius 2 is 1.70 bits per heavy atom. The van der Waals surface area contributed by atoms with Crippen LogP contribution in [0.25, 0.3) is 6.08 Å². The summed E-state index contributed by atoms with van der Waals surface area (Å²) in [6.45, 7) is 1.54. The van der Waals surface area contributed by atoms with Gasteiger partial charge in [-0.3, -0.25) is 4.79 Å². The number of hydrogen-bond acceptors (Lipinski definition) is 7. The quantitative estimate of drug-likeness (QED) is 0.459. The van der Waals surface area contributed by atoms with Gasteiger partial charge < -0.3 is 28.6 Å². The first kappa shape index (κ1) is 21.5. The molecule has 0 aromatic heterocycles. The van der Waals surface area contributed by atoms with E-state index in [1.165, 1.54) is 0 Å². The van der Waals surface area contributed by atoms with Crippen molar-refractivity contribution < 1.29 is 28.5 Å². The summed E-state index contributed by atoms with van der Waals surface area (Å²) in [4.78, 5) is 14.9. The molecule has 3 rings (SSSR count). The lowest BCUT2D eigenvalue weighted by molar-refractivity contribution is 0.101. The third-order valence-corrected chi connectivity index (χ3v) is 4.64. The van der Waals surface area contributed by atoms with Crippen molar-refractivity contribution >= 4 is 11.9 Å². The standard InChI is InChI=1S/C23H27NO6/c1-24(2)9-6-10-29-16-7-8-17-18(14-16)30-19(22(17)25)11-15-12-20(26-3)23(28-5)21(13-15)27-4/h7-8,11-14H,6,9-10H2,1-5H3/b19-11-. The van der Waals surface area contributed by atoms with E-state index in [9.17, 15) is 4.79 Å². The van der Waals surface area contributed by atoms with Gasteiger partial charge >= 0.3 is 0 Å². The summed E-state index contributed by atoms with van der Waals surface area (Å²) >= 11 is 0. The number of nitrogens with zero attached hydrogens (tertiary/aromatic N) is 1. The normalized spacial score (nSPS) is 13.9. The van der Waals surface area contributed by atoms with Crippen LogP contribution < -0.4 is 23.7 Å². The fourth-order valence-corrected chi connectivity index (χ4v) is 3.16. The number of methoxy groups -OCH3 is 3. The van der Waals surface area contributed by atoms with Gasteiger partial charge in [0.25, 0.3) is 0 Å². The lowest BCUT2D eigenvalue weighted by atomic mass is 10.1. The SMILES string of the molecule is COc1cc(/C=C2\Oc3cc(OCCCN(C)C)ccc3C2=O)cc(OC)c1OC. The maximum Gasteiger partial charge on any atom is 0.231 e. The Morgan fingerprint density at radius 3 is 2.30 bits per heavy atom. The first-order valence-electron chi connectivity index (χ1n) is 9.62. The number of ether oxygens (including phenoxy) is 5. The van der Waals surface area contributed by atoms with E-state index in [1.54, 1.807) is 57.7 Å². The summed E-state index contributed by atoms with van der Waals surface area (Å²) in [6, 6.07) is 8.78. The van der Waals surface area contributed by atoms with E-state index in [4.69, 9.17) is 23.7 Å². The molecule has 0 spiro atoms. The van der Waals surface area contributed by atoms with E-state index in [0.29, 0.717) is 46.5 Å². The summed E-state index contributed by atoms with van der Waals surface area (Å²) in [5, 5.41) is 0. The van der Waals surface area contributed by atoms with E-state index in [0.717, 1.165) is 13.0 Å². The van der Waals surface area contributed by atoms with Crippen LogP contribution in [0.2, 0.25) is 0 Å². The highest BCUT2D eigenvalue weighted by molar-refractivity contribution is 6.14. The third-order valence-electron chi connectivity index (χ3n) is 4.64. The Labute approximate surface area is 176 Å². The second-order valence-electron chi connectivity index (χ2n) is 7.06. The molecule has 0 fully saturated rings. The molecule has 1 heterocycles. The molecule has 1 aliphatic heterocycles. The number of carbonyl (C=O) groups is 1. The predicted molar refractivity (Wildman–Crippen MR) is 114 cm³/mol. The molecular weight excluding hydrogens is 386 g/mol. The molecule has 0 unspecified atom stereocenters. The number of hydrogen-bond donors (Lipinski definition) is 0. The lowest BCUT2D eigenvalue weighted by Gasteiger charge is -2.13. The molecular formula is C23H27NO6. The van der Waals surface area contributed by atoms with Gasteiger partial charge in [-0.2, -0.15) is 0 Å². The Kier molecular flexibility index (Phi) is 6.84. The van der Waals surface area contributed by atoms with Crippen molar-refractivity contribution in [2.75, 3.05) is 48.6 Å². The molecule has 2 aromatic carbocycles. The maximum absolute atomic E-state index is 12.8. The van der Waals surface area contributed by atoms with Gasteiger partial charge in [0.2, 0.25) is 11.5 Å². The molecule has 30 heavy (non-hydrogen) atoms. The van der Waals surface area contributed by atoms with Crippen LogP contribution in [0.5, 0.6) is 28.7 Å². The lowest BCUT2D eigenvalue weighted by Crippen LogP contribution is -2.15. The van der Waals surface area contributed by atoms with Crippen molar-refractivity contribution in [3.05, 3.63) is 47.2 Å². The molecule has 7 nitrogen and oxygen atoms in total. The van der Waals surface area contributed by atoms with Gasteiger partial charge in [-0.1, -0.05) is 0 Å². The van der Waals surface area contributed by atoms with E-state index >= 15 is 0 Å². The van der Waals surface area contributed by atoms with E-state index in [2.05, 4.69) is 4.90 Å². The zero-order valence-electron chi connectivity index (χ0n) is 18.0. The molecule has 0 N–H and O–H groups in total. The van der Waals surface area contributed by atoms with Crippen molar-refractivity contribution in [3.8, 4) is 28.7 Å². The van der Waals surface area contributed by atoms with Crippen molar-refractivity contribution in [2.45, 2.75) is 6.42 Å². The van der Waals surface area contributed by atoms with Crippen LogP contribution in [0.1, 0.15) is 22.3 Å². The number of fused-ring (bicyclic) bond motifs is 1. The fourth-order valence-electron chi connectivity index (χ4n) is 3.16. The number of ketones is 1. The number of benzene rings is 2. The maximum atomic E-state index is 12.8. The smallest absolute Gasteiger partial charge is 0.231 e. The van der Waals surface area contributed by atoms with Gasteiger partial charge in [0.05, 0.1) is 33.5 Å². The molecule has 0 aliphatic carbocycles. The molecule has 160 valence electrons. The summed E-state index contributed by atoms with van der Waals surface area (Å²) in [5.74, 6) is 2.69. The van der Waals surface area contributed by atoms with E-state index < -0.39 is 0 Å². The van der Waals surface area contributed by atoms with Gasteiger partial charge in [-0.15, -0.1) is 0 Å². The molecule has 0 saturated carbocycles. The molecule has 0 saturated heterocycles. The number of rotatable bonds is 9. The Hall–Kier alpha value is -3.19. The highest BCUT2D eigenvalue weighted by Crippen LogP contribution is 2.40. The van der Waals surface area contributed by atoms with Crippen LogP contribution in [0, 0.1) is 0 Å². The van der Waals surface area contributed by atoms with Gasteiger partial charge in [-0.25, -0.2) is 0 Å². The van der Waals surface area contributed by atoms with E-state index in [1.807, 2.05) is 14.1 Å². The minimum atomic E-state index is -0.182. The van der Waals surface area contributed by atoms with Crippen molar-refractivity contribution in [2.24, 2.45) is 0 Å². The Bertz CT molecular complexity index is 926. The monoisotopic (exact) mass is 413 g/mol. The predicted octanol–water partition coefficient (Wildman–Crippen LogP) is 3.66. The summed E-state index contributed by atoms with van der Waals surface area (Å²) in [7, 11) is 8.68. The van der Waals surface area contributed by atoms with Crippen LogP contribution in [0.3, 0.4) is 0 Å². The largest absolute Gasteiger partial charge is 0.493 e. The first-order chi connectivity index (χ1) is 14.5. The number of Topliss-reactive ketones (excluding diaryl/α,β-unsaturated/α-hetero) is 1. The summed E-state index contributed by atoms with van der Waals surface area (Å²) in [5.41, 5.74) is 1.20. The molecule has 7 heteroatoms. The van der Waals surface area contributed by atoms with Crippen LogP contribution in [0.15, 0.2) is 36.1 Å². The fraction of sp³-hybridized carbons (Fsp3) is 0.348. The zero-order chi connectivity index (χ0) is 21.7. The van der Waals surface area contributed by atoms with Crippen LogP contribution in [0.4, 0.5) is 0 Å². The Balaban J connectivity index is 1.79. The average molecular weight is 413 g/mol. The second-order valence-corrected chi connectivity index (χ2v) is 7.06. The average Bonchev–Trinajstić information content (AvgIpc) is 3.04. The topological polar surface area (TPSA) is 66.5 Å². The van der Waals surface area contributed by atoms with Gasteiger partial charge in [0, 0.05) is 12.6 Å². The van der Waals surface area contributed by atoms with Crippen LogP contribution in [-0.2, 0) is 0 Å². The van der Waals surface area contributed by atoms with Gasteiger partial charge in [0.1, 0.15) is 11.5 Å². The zero-order valence-corrected chi connectivity index (χ0v) is 18.0. The molecule has 1 aliphatic rings. The van der Waals surface area contributed by atoms with Gasteiger partial charge in [0.15, 0.2) is 17.3 Å². The highest BCUT2D eigenvalue weighted by atomic mass is 16.5. The molecule has 2 aromatic rings. The van der Waals surface area contributed by atoms with Crippen molar-refractivity contribution in [3.63, 3.8) is 0 Å². The number of carbonyl (C=O) groups excluding carboxylic acids is 1. The van der Waals surface area contributed by atoms with Crippen molar-refractivity contribution in [1.29, 1.82) is 0 Å². The minimum Gasteiger partial charge on any atom is -0.493 e. The van der Waals surface area contributed by atoms with Crippen LogP contribution in [-0.4, -0.2) is 59.3 Å². The third kappa shape index (κ3) is 4.68. The van der Waals surface area contributed by atoms with Gasteiger partial charge in [-0.05, 0) is 56.4 Å². The first-order valence-corrected chi connectivity index (χ1v) is 9.62. The molecule has 0 amide bonds.